The minimum absolute atomic E-state index is 0.718. The van der Waals surface area contributed by atoms with Gasteiger partial charge in [0, 0.05) is 13.0 Å². The van der Waals surface area contributed by atoms with Crippen molar-refractivity contribution in [2.24, 2.45) is 0 Å². The second-order valence-corrected chi connectivity index (χ2v) is 20.3. The Morgan fingerprint density at radius 2 is 0.759 bits per heavy atom. The van der Waals surface area contributed by atoms with Crippen LogP contribution in [-0.4, -0.2) is 15.1 Å². The minimum atomic E-state index is 0.718. The highest BCUT2D eigenvalue weighted by atomic mass is 16.5. The lowest BCUT2D eigenvalue weighted by molar-refractivity contribution is 0.397. The van der Waals surface area contributed by atoms with E-state index in [1.165, 1.54) is 123 Å². The molecule has 0 aliphatic heterocycles. The van der Waals surface area contributed by atoms with Gasteiger partial charge in [-0.2, -0.15) is 0 Å². The average molecular weight is 1050 g/mol. The number of benzene rings is 8. The van der Waals surface area contributed by atoms with E-state index in [0.717, 1.165) is 17.4 Å². The number of aromatic nitrogens is 3. The molecule has 0 bridgehead atoms. The third kappa shape index (κ3) is 19.4. The summed E-state index contributed by atoms with van der Waals surface area (Å²) in [4.78, 5) is 7.41. The molecule has 0 saturated heterocycles. The highest BCUT2D eigenvalue weighted by Gasteiger charge is 2.09. The number of hydrogen-bond acceptors (Lipinski definition) is 6. The molecule has 11 aromatic rings. The summed E-state index contributed by atoms with van der Waals surface area (Å²) in [6, 6.07) is 60.3. The van der Waals surface area contributed by atoms with Crippen molar-refractivity contribution < 1.29 is 13.4 Å². The first kappa shape index (κ1) is 61.2. The van der Waals surface area contributed by atoms with Gasteiger partial charge in [0.15, 0.2) is 12.3 Å². The highest BCUT2D eigenvalue weighted by molar-refractivity contribution is 5.75. The Morgan fingerprint density at radius 3 is 1.13 bits per heavy atom. The van der Waals surface area contributed by atoms with Crippen molar-refractivity contribution in [2.75, 3.05) is 0 Å². The quantitative estimate of drug-likeness (QED) is 0.175. The molecular formula is C73H81N3O3. The summed E-state index contributed by atoms with van der Waals surface area (Å²) < 4.78 is 14.0. The molecule has 6 nitrogen and oxygen atoms in total. The molecule has 0 atom stereocenters. The van der Waals surface area contributed by atoms with Crippen LogP contribution in [0.5, 0.6) is 0 Å². The van der Waals surface area contributed by atoms with Crippen LogP contribution in [0.4, 0.5) is 0 Å². The van der Waals surface area contributed by atoms with Crippen molar-refractivity contribution in [3.05, 3.63) is 291 Å². The molecule has 0 saturated carbocycles. The Hall–Kier alpha value is -8.61. The van der Waals surface area contributed by atoms with Crippen LogP contribution >= 0.6 is 0 Å². The van der Waals surface area contributed by atoms with Crippen molar-refractivity contribution in [1.29, 1.82) is 0 Å². The molecule has 406 valence electrons. The molecule has 0 unspecified atom stereocenters. The molecule has 79 heavy (non-hydrogen) atoms. The van der Waals surface area contributed by atoms with E-state index in [1.54, 1.807) is 37.8 Å². The third-order valence-electron chi connectivity index (χ3n) is 13.2. The normalized spacial score (nSPS) is 10.0. The topological polar surface area (TPSA) is 78.1 Å². The van der Waals surface area contributed by atoms with E-state index < -0.39 is 0 Å². The lowest BCUT2D eigenvalue weighted by Crippen LogP contribution is -1.91. The van der Waals surface area contributed by atoms with E-state index in [4.69, 9.17) is 8.83 Å². The lowest BCUT2D eigenvalue weighted by Gasteiger charge is -2.13. The minimum Gasteiger partial charge on any atom is -0.449 e. The molecule has 0 aliphatic carbocycles. The van der Waals surface area contributed by atoms with Crippen LogP contribution in [0.15, 0.2) is 214 Å². The van der Waals surface area contributed by atoms with Gasteiger partial charge in [-0.05, 0) is 198 Å². The highest BCUT2D eigenvalue weighted by Crippen LogP contribution is 2.32. The molecule has 0 spiro atoms. The van der Waals surface area contributed by atoms with Crippen molar-refractivity contribution in [1.82, 2.24) is 15.1 Å². The third-order valence-corrected chi connectivity index (χ3v) is 13.2. The molecule has 0 fully saturated rings. The number of rotatable bonds is 4. The van der Waals surface area contributed by atoms with Crippen LogP contribution in [0.25, 0.3) is 44.5 Å². The van der Waals surface area contributed by atoms with Gasteiger partial charge in [0.05, 0.1) is 18.6 Å². The summed E-state index contributed by atoms with van der Waals surface area (Å²) in [5.41, 5.74) is 28.3. The maximum Gasteiger partial charge on any atom is 0.190 e. The van der Waals surface area contributed by atoms with Crippen LogP contribution in [0, 0.1) is 111 Å². The van der Waals surface area contributed by atoms with E-state index in [2.05, 4.69) is 273 Å². The molecule has 8 aromatic carbocycles. The SMILES string of the molecule is Cc1cc(C)c(-c2ccccc2C)c(C)c1.Cc1cc(C)cc(-c2ccccc2C)c1.Cc1ccc(-c2ccccc2C)c(C)c1.Cc1ccccc1-c1c(C)cccc1C.Cc1ccno1.Cc1cnco1.Cc1ncco1. The van der Waals surface area contributed by atoms with Gasteiger partial charge in [-0.3, -0.25) is 0 Å². The van der Waals surface area contributed by atoms with Crippen molar-refractivity contribution in [2.45, 2.75) is 111 Å². The second-order valence-electron chi connectivity index (χ2n) is 20.3. The van der Waals surface area contributed by atoms with Crippen LogP contribution in [0.1, 0.15) is 89.7 Å². The van der Waals surface area contributed by atoms with Crippen molar-refractivity contribution in [3.8, 4) is 44.5 Å². The van der Waals surface area contributed by atoms with E-state index in [0.29, 0.717) is 0 Å². The second kappa shape index (κ2) is 31.0. The molecule has 11 rings (SSSR count). The number of hydrogen-bond donors (Lipinski definition) is 0. The van der Waals surface area contributed by atoms with E-state index in [1.807, 2.05) is 13.8 Å². The largest absolute Gasteiger partial charge is 0.449 e. The van der Waals surface area contributed by atoms with Gasteiger partial charge in [-0.1, -0.05) is 191 Å². The Kier molecular flexibility index (Phi) is 24.0. The summed E-state index contributed by atoms with van der Waals surface area (Å²) in [6.07, 6.45) is 7.87. The predicted octanol–water partition coefficient (Wildman–Crippen LogP) is 20.4. The molecule has 3 heterocycles. The standard InChI is InChI=1S/C16H18.3C15H16.3C4H5NO/c1-11-9-13(3)16(14(4)10-11)15-8-6-5-7-12(15)2;1-11-7-4-5-10-14(11)15-12(2)8-6-9-13(15)3;1-11-8-12(2)10-14(9-11)15-7-5-4-6-13(15)3;1-11-8-9-15(13(3)10-11)14-7-5-4-6-12(14)2;1-4-2-5-3-6-4;1-4-5-2-3-6-4;1-4-2-3-5-6-4/h5-10H,1-4H3;3*4-10H,1-3H3;3*2-3H,1H3. The van der Waals surface area contributed by atoms with Gasteiger partial charge in [0.25, 0.3) is 0 Å². The first-order valence-electron chi connectivity index (χ1n) is 26.9. The van der Waals surface area contributed by atoms with E-state index >= 15 is 0 Å². The zero-order valence-corrected chi connectivity index (χ0v) is 49.6. The fourth-order valence-corrected chi connectivity index (χ4v) is 9.42. The van der Waals surface area contributed by atoms with Gasteiger partial charge in [0.1, 0.15) is 17.8 Å². The number of aryl methyl sites for hydroxylation is 16. The Balaban J connectivity index is 0.000000175. The van der Waals surface area contributed by atoms with Crippen molar-refractivity contribution in [3.63, 3.8) is 0 Å². The van der Waals surface area contributed by atoms with Gasteiger partial charge in [0.2, 0.25) is 0 Å². The maximum atomic E-state index is 4.72. The first-order chi connectivity index (χ1) is 37.8. The van der Waals surface area contributed by atoms with Crippen LogP contribution in [0.3, 0.4) is 0 Å². The summed E-state index contributed by atoms with van der Waals surface area (Å²) in [5.74, 6) is 2.43. The molecule has 0 N–H and O–H groups in total. The monoisotopic (exact) mass is 1050 g/mol. The maximum absolute atomic E-state index is 4.72. The lowest BCUT2D eigenvalue weighted by atomic mass is 9.91. The van der Waals surface area contributed by atoms with Gasteiger partial charge in [-0.25, -0.2) is 9.97 Å². The summed E-state index contributed by atoms with van der Waals surface area (Å²) in [7, 11) is 0. The van der Waals surface area contributed by atoms with Crippen molar-refractivity contribution >= 4 is 0 Å². The van der Waals surface area contributed by atoms with Gasteiger partial charge >= 0.3 is 0 Å². The zero-order chi connectivity index (χ0) is 57.4. The zero-order valence-electron chi connectivity index (χ0n) is 49.6. The van der Waals surface area contributed by atoms with Crippen LogP contribution in [-0.2, 0) is 0 Å². The Bertz CT molecular complexity index is 3430. The molecular weight excluding hydrogens is 967 g/mol. The van der Waals surface area contributed by atoms with Gasteiger partial charge in [-0.15, -0.1) is 0 Å². The molecule has 3 aromatic heterocycles. The van der Waals surface area contributed by atoms with E-state index in [9.17, 15) is 0 Å². The van der Waals surface area contributed by atoms with E-state index in [-0.39, 0.29) is 0 Å². The first-order valence-corrected chi connectivity index (χ1v) is 26.9. The molecule has 0 aliphatic rings. The smallest absolute Gasteiger partial charge is 0.190 e. The molecule has 6 heteroatoms. The van der Waals surface area contributed by atoms with Crippen LogP contribution in [0.2, 0.25) is 0 Å². The summed E-state index contributed by atoms with van der Waals surface area (Å²) >= 11 is 0. The summed E-state index contributed by atoms with van der Waals surface area (Å²) in [6.45, 7) is 33.7. The fourth-order valence-electron chi connectivity index (χ4n) is 9.42. The fraction of sp³-hybridized carbons (Fsp3) is 0.219. The average Bonchev–Trinajstić information content (AvgIpc) is 4.23. The predicted molar refractivity (Wildman–Crippen MR) is 333 cm³/mol. The summed E-state index contributed by atoms with van der Waals surface area (Å²) in [5, 5.41) is 3.45. The Labute approximate surface area is 472 Å². The van der Waals surface area contributed by atoms with Crippen LogP contribution < -0.4 is 0 Å². The molecule has 0 amide bonds. The number of nitrogens with zero attached hydrogens (tertiary/aromatic N) is 3. The van der Waals surface area contributed by atoms with Gasteiger partial charge < -0.3 is 13.4 Å². The number of oxazole rings is 2. The Morgan fingerprint density at radius 1 is 0.316 bits per heavy atom. The molecule has 0 radical (unpaired) electrons.